The Morgan fingerprint density at radius 3 is 2.71 bits per heavy atom. The number of aryl methyl sites for hydroxylation is 1. The Morgan fingerprint density at radius 1 is 1.24 bits per heavy atom. The van der Waals surface area contributed by atoms with Crippen LogP contribution in [0.25, 0.3) is 0 Å². The van der Waals surface area contributed by atoms with Crippen molar-refractivity contribution in [3.05, 3.63) is 59.2 Å². The third-order valence-corrected chi connectivity index (χ3v) is 3.57. The molecule has 3 N–H and O–H groups in total. The minimum absolute atomic E-state index is 0.113. The van der Waals surface area contributed by atoms with Gasteiger partial charge >= 0.3 is 5.97 Å². The van der Waals surface area contributed by atoms with Gasteiger partial charge in [-0.3, -0.25) is 4.79 Å². The van der Waals surface area contributed by atoms with Crippen molar-refractivity contribution in [2.24, 2.45) is 0 Å². The molecule has 2 aromatic carbocycles. The molecule has 21 heavy (non-hydrogen) atoms. The number of para-hydroxylation sites is 1. The average molecular weight is 282 g/mol. The van der Waals surface area contributed by atoms with Gasteiger partial charge in [0.15, 0.2) is 0 Å². The number of anilines is 2. The van der Waals surface area contributed by atoms with Gasteiger partial charge in [-0.1, -0.05) is 18.2 Å². The molecule has 5 nitrogen and oxygen atoms in total. The fourth-order valence-corrected chi connectivity index (χ4v) is 2.47. The summed E-state index contributed by atoms with van der Waals surface area (Å²) in [6.07, 6.45) is 0. The van der Waals surface area contributed by atoms with Crippen LogP contribution >= 0.6 is 0 Å². The molecule has 5 heteroatoms. The Labute approximate surface area is 121 Å². The van der Waals surface area contributed by atoms with Gasteiger partial charge in [0.2, 0.25) is 0 Å². The van der Waals surface area contributed by atoms with Gasteiger partial charge in [-0.2, -0.15) is 0 Å². The lowest BCUT2D eigenvalue weighted by Gasteiger charge is -2.15. The predicted molar refractivity (Wildman–Crippen MR) is 79.6 cm³/mol. The SMILES string of the molecule is Cc1cc(C(=O)O)ccc1NC1C(=O)Nc2ccccc21. The Bertz CT molecular complexity index is 740. The second kappa shape index (κ2) is 4.94. The lowest BCUT2D eigenvalue weighted by Crippen LogP contribution is -2.20. The maximum atomic E-state index is 12.1. The zero-order valence-electron chi connectivity index (χ0n) is 11.4. The highest BCUT2D eigenvalue weighted by Crippen LogP contribution is 2.33. The van der Waals surface area contributed by atoms with Gasteiger partial charge in [-0.15, -0.1) is 0 Å². The molecule has 1 atom stereocenters. The van der Waals surface area contributed by atoms with Crippen molar-refractivity contribution in [1.82, 2.24) is 0 Å². The molecule has 1 amide bonds. The molecule has 0 aliphatic carbocycles. The van der Waals surface area contributed by atoms with Crippen molar-refractivity contribution in [2.45, 2.75) is 13.0 Å². The van der Waals surface area contributed by atoms with Crippen LogP contribution in [0.15, 0.2) is 42.5 Å². The number of rotatable bonds is 3. The lowest BCUT2D eigenvalue weighted by atomic mass is 10.1. The van der Waals surface area contributed by atoms with E-state index in [2.05, 4.69) is 10.6 Å². The summed E-state index contributed by atoms with van der Waals surface area (Å²) < 4.78 is 0. The molecule has 1 heterocycles. The normalized spacial score (nSPS) is 16.2. The van der Waals surface area contributed by atoms with Gasteiger partial charge in [0.05, 0.1) is 5.56 Å². The van der Waals surface area contributed by atoms with E-state index in [1.165, 1.54) is 6.07 Å². The van der Waals surface area contributed by atoms with E-state index in [4.69, 9.17) is 5.11 Å². The maximum Gasteiger partial charge on any atom is 0.335 e. The first kappa shape index (κ1) is 13.2. The van der Waals surface area contributed by atoms with E-state index in [0.29, 0.717) is 0 Å². The highest BCUT2D eigenvalue weighted by atomic mass is 16.4. The Hall–Kier alpha value is -2.82. The fourth-order valence-electron chi connectivity index (χ4n) is 2.47. The van der Waals surface area contributed by atoms with Gasteiger partial charge in [0.25, 0.3) is 5.91 Å². The molecular formula is C16H14N2O3. The predicted octanol–water partition coefficient (Wildman–Crippen LogP) is 2.80. The van der Waals surface area contributed by atoms with E-state index < -0.39 is 12.0 Å². The van der Waals surface area contributed by atoms with E-state index in [9.17, 15) is 9.59 Å². The maximum absolute atomic E-state index is 12.1. The summed E-state index contributed by atoms with van der Waals surface area (Å²) in [4.78, 5) is 23.0. The van der Waals surface area contributed by atoms with Gasteiger partial charge in [-0.05, 0) is 36.8 Å². The highest BCUT2D eigenvalue weighted by molar-refractivity contribution is 6.04. The summed E-state index contributed by atoms with van der Waals surface area (Å²) in [5.41, 5.74) is 3.46. The largest absolute Gasteiger partial charge is 0.478 e. The molecule has 0 spiro atoms. The average Bonchev–Trinajstić information content (AvgIpc) is 2.77. The van der Waals surface area contributed by atoms with Crippen LogP contribution in [-0.4, -0.2) is 17.0 Å². The van der Waals surface area contributed by atoms with Crippen LogP contribution in [0.3, 0.4) is 0 Å². The molecule has 1 unspecified atom stereocenters. The molecule has 1 aliphatic heterocycles. The highest BCUT2D eigenvalue weighted by Gasteiger charge is 2.30. The van der Waals surface area contributed by atoms with Crippen LogP contribution < -0.4 is 10.6 Å². The number of carbonyl (C=O) groups excluding carboxylic acids is 1. The number of benzene rings is 2. The number of aromatic carboxylic acids is 1. The van der Waals surface area contributed by atoms with Crippen molar-refractivity contribution < 1.29 is 14.7 Å². The lowest BCUT2D eigenvalue weighted by molar-refractivity contribution is -0.116. The molecule has 0 saturated carbocycles. The van der Waals surface area contributed by atoms with Crippen LogP contribution in [0.4, 0.5) is 11.4 Å². The number of hydrogen-bond donors (Lipinski definition) is 3. The van der Waals surface area contributed by atoms with E-state index in [1.807, 2.05) is 31.2 Å². The van der Waals surface area contributed by atoms with E-state index >= 15 is 0 Å². The van der Waals surface area contributed by atoms with Crippen LogP contribution in [-0.2, 0) is 4.79 Å². The Morgan fingerprint density at radius 2 is 2.00 bits per heavy atom. The van der Waals surface area contributed by atoms with E-state index in [1.54, 1.807) is 12.1 Å². The first-order chi connectivity index (χ1) is 10.1. The third-order valence-electron chi connectivity index (χ3n) is 3.57. The van der Waals surface area contributed by atoms with Crippen molar-refractivity contribution in [1.29, 1.82) is 0 Å². The van der Waals surface area contributed by atoms with Gasteiger partial charge < -0.3 is 15.7 Å². The third kappa shape index (κ3) is 2.33. The summed E-state index contributed by atoms with van der Waals surface area (Å²) in [5, 5.41) is 15.0. The van der Waals surface area contributed by atoms with E-state index in [-0.39, 0.29) is 11.5 Å². The number of carboxylic acid groups (broad SMARTS) is 1. The van der Waals surface area contributed by atoms with Crippen LogP contribution in [0.2, 0.25) is 0 Å². The van der Waals surface area contributed by atoms with Crippen LogP contribution in [0.1, 0.15) is 27.5 Å². The topological polar surface area (TPSA) is 78.4 Å². The van der Waals surface area contributed by atoms with E-state index in [0.717, 1.165) is 22.5 Å². The smallest absolute Gasteiger partial charge is 0.335 e. The quantitative estimate of drug-likeness (QED) is 0.809. The van der Waals surface area contributed by atoms with Crippen molar-refractivity contribution in [3.8, 4) is 0 Å². The van der Waals surface area contributed by atoms with Crippen molar-refractivity contribution in [3.63, 3.8) is 0 Å². The van der Waals surface area contributed by atoms with Crippen molar-refractivity contribution in [2.75, 3.05) is 10.6 Å². The number of fused-ring (bicyclic) bond motifs is 1. The number of nitrogens with one attached hydrogen (secondary N) is 2. The zero-order chi connectivity index (χ0) is 15.0. The zero-order valence-corrected chi connectivity index (χ0v) is 11.4. The number of carbonyl (C=O) groups is 2. The van der Waals surface area contributed by atoms with Gasteiger partial charge in [-0.25, -0.2) is 4.79 Å². The molecule has 0 fully saturated rings. The first-order valence-corrected chi connectivity index (χ1v) is 6.56. The number of amides is 1. The molecule has 3 rings (SSSR count). The molecule has 0 radical (unpaired) electrons. The van der Waals surface area contributed by atoms with Gasteiger partial charge in [0, 0.05) is 16.9 Å². The van der Waals surface area contributed by atoms with Gasteiger partial charge in [0.1, 0.15) is 6.04 Å². The monoisotopic (exact) mass is 282 g/mol. The minimum atomic E-state index is -0.964. The molecular weight excluding hydrogens is 268 g/mol. The molecule has 1 aliphatic rings. The Balaban J connectivity index is 1.91. The number of carboxylic acids is 1. The summed E-state index contributed by atoms with van der Waals surface area (Å²) in [7, 11) is 0. The summed E-state index contributed by atoms with van der Waals surface area (Å²) >= 11 is 0. The number of hydrogen-bond acceptors (Lipinski definition) is 3. The fraction of sp³-hybridized carbons (Fsp3) is 0.125. The second-order valence-electron chi connectivity index (χ2n) is 4.99. The summed E-state index contributed by atoms with van der Waals surface area (Å²) in [5.74, 6) is -1.08. The molecule has 0 aromatic heterocycles. The standard InChI is InChI=1S/C16H14N2O3/c1-9-8-10(16(20)21)6-7-12(9)17-14-11-4-2-3-5-13(11)18-15(14)19/h2-8,14,17H,1H3,(H,18,19)(H,20,21). The van der Waals surface area contributed by atoms with Crippen LogP contribution in [0, 0.1) is 6.92 Å². The van der Waals surface area contributed by atoms with Crippen molar-refractivity contribution >= 4 is 23.3 Å². The molecule has 0 saturated heterocycles. The van der Waals surface area contributed by atoms with Crippen LogP contribution in [0.5, 0.6) is 0 Å². The molecule has 0 bridgehead atoms. The minimum Gasteiger partial charge on any atom is -0.478 e. The summed E-state index contributed by atoms with van der Waals surface area (Å²) in [6.45, 7) is 1.81. The molecule has 2 aromatic rings. The molecule has 106 valence electrons. The summed E-state index contributed by atoms with van der Waals surface area (Å²) in [6, 6.07) is 11.8. The Kier molecular flexibility index (Phi) is 3.10. The second-order valence-corrected chi connectivity index (χ2v) is 4.99. The first-order valence-electron chi connectivity index (χ1n) is 6.56.